The Kier molecular flexibility index (Phi) is 6.61. The lowest BCUT2D eigenvalue weighted by Crippen LogP contribution is -2.09. The predicted octanol–water partition coefficient (Wildman–Crippen LogP) is 6.62. The molecule has 31 heavy (non-hydrogen) atoms. The van der Waals surface area contributed by atoms with E-state index < -0.39 is 0 Å². The molecule has 0 bridgehead atoms. The molecule has 6 nitrogen and oxygen atoms in total. The summed E-state index contributed by atoms with van der Waals surface area (Å²) in [7, 11) is 0. The molecule has 1 atom stereocenters. The Morgan fingerprint density at radius 3 is 2.55 bits per heavy atom. The molecule has 4 aromatic rings. The van der Waals surface area contributed by atoms with E-state index in [4.69, 9.17) is 9.47 Å². The van der Waals surface area contributed by atoms with Gasteiger partial charge in [-0.15, -0.1) is 0 Å². The topological polar surface area (TPSA) is 72.1 Å². The minimum absolute atomic E-state index is 0.0164. The van der Waals surface area contributed by atoms with Gasteiger partial charge in [0.15, 0.2) is 11.5 Å². The zero-order chi connectivity index (χ0) is 21.8. The molecule has 0 aliphatic rings. The van der Waals surface area contributed by atoms with Crippen molar-refractivity contribution in [2.24, 2.45) is 0 Å². The summed E-state index contributed by atoms with van der Waals surface area (Å²) >= 11 is 3.53. The Hall–Kier alpha value is -2.80. The van der Waals surface area contributed by atoms with Crippen molar-refractivity contribution in [3.63, 3.8) is 0 Å². The fourth-order valence-electron chi connectivity index (χ4n) is 3.55. The second-order valence-corrected chi connectivity index (χ2v) is 8.45. The zero-order valence-corrected chi connectivity index (χ0v) is 19.6. The first kappa shape index (κ1) is 21.4. The monoisotopic (exact) mass is 482 g/mol. The lowest BCUT2D eigenvalue weighted by molar-refractivity contribution is 0.268. The molecule has 0 saturated carbocycles. The van der Waals surface area contributed by atoms with Gasteiger partial charge in [0.25, 0.3) is 0 Å². The average Bonchev–Trinajstić information content (AvgIpc) is 3.14. The van der Waals surface area contributed by atoms with E-state index >= 15 is 0 Å². The molecule has 2 heterocycles. The minimum atomic E-state index is 0.0164. The highest BCUT2D eigenvalue weighted by molar-refractivity contribution is 9.10. The van der Waals surface area contributed by atoms with Gasteiger partial charge >= 0.3 is 0 Å². The summed E-state index contributed by atoms with van der Waals surface area (Å²) in [6.45, 7) is 7.64. The number of fused-ring (bicyclic) bond motifs is 3. The van der Waals surface area contributed by atoms with Crippen LogP contribution < -0.4 is 14.8 Å². The van der Waals surface area contributed by atoms with Crippen LogP contribution in [0.2, 0.25) is 0 Å². The van der Waals surface area contributed by atoms with Crippen molar-refractivity contribution < 1.29 is 9.47 Å². The Morgan fingerprint density at radius 2 is 1.77 bits per heavy atom. The molecule has 0 fully saturated rings. The van der Waals surface area contributed by atoms with Crippen molar-refractivity contribution in [1.29, 1.82) is 0 Å². The number of nitrogens with zero attached hydrogens (tertiary/aromatic N) is 2. The first-order chi connectivity index (χ1) is 15.1. The number of anilines is 1. The summed E-state index contributed by atoms with van der Waals surface area (Å²) in [4.78, 5) is 12.3. The number of hydrogen-bond acceptors (Lipinski definition) is 5. The maximum Gasteiger partial charge on any atom is 0.161 e. The molecule has 162 valence electrons. The standard InChI is InChI=1S/C24H27BrN4O2/c1-4-10-30-20-9-6-16(12-21(20)31-11-5-2)15(3)28-23-22-18-8-7-17(25)13-19(18)29-24(22)27-14-26-23/h6-9,12-15H,4-5,10-11H2,1-3H3,(H2,26,27,28,29). The number of halogens is 1. The Bertz CT molecular complexity index is 1190. The molecule has 0 spiro atoms. The van der Waals surface area contributed by atoms with Crippen LogP contribution in [0.5, 0.6) is 11.5 Å². The van der Waals surface area contributed by atoms with E-state index in [-0.39, 0.29) is 6.04 Å². The lowest BCUT2D eigenvalue weighted by atomic mass is 10.1. The number of ether oxygens (including phenoxy) is 2. The summed E-state index contributed by atoms with van der Waals surface area (Å²) in [6.07, 6.45) is 3.48. The van der Waals surface area contributed by atoms with E-state index in [2.05, 4.69) is 81.2 Å². The molecule has 0 aliphatic carbocycles. The molecule has 7 heteroatoms. The first-order valence-corrected chi connectivity index (χ1v) is 11.5. The fourth-order valence-corrected chi connectivity index (χ4v) is 3.91. The average molecular weight is 483 g/mol. The van der Waals surface area contributed by atoms with Crippen molar-refractivity contribution in [1.82, 2.24) is 15.0 Å². The van der Waals surface area contributed by atoms with Gasteiger partial charge in [0.1, 0.15) is 17.8 Å². The number of rotatable bonds is 9. The van der Waals surface area contributed by atoms with E-state index in [0.29, 0.717) is 13.2 Å². The SMILES string of the molecule is CCCOc1ccc(C(C)Nc2ncnc3[nH]c4cc(Br)ccc4c23)cc1OCCC. The third-order valence-electron chi connectivity index (χ3n) is 5.10. The van der Waals surface area contributed by atoms with E-state index in [1.54, 1.807) is 6.33 Å². The van der Waals surface area contributed by atoms with Gasteiger partial charge < -0.3 is 19.8 Å². The van der Waals surface area contributed by atoms with Gasteiger partial charge in [-0.05, 0) is 49.6 Å². The van der Waals surface area contributed by atoms with E-state index in [0.717, 1.165) is 62.1 Å². The third-order valence-corrected chi connectivity index (χ3v) is 5.59. The van der Waals surface area contributed by atoms with Crippen molar-refractivity contribution in [2.75, 3.05) is 18.5 Å². The van der Waals surface area contributed by atoms with Crippen LogP contribution in [0.3, 0.4) is 0 Å². The predicted molar refractivity (Wildman–Crippen MR) is 129 cm³/mol. The van der Waals surface area contributed by atoms with Gasteiger partial charge in [0.2, 0.25) is 0 Å². The molecule has 0 amide bonds. The first-order valence-electron chi connectivity index (χ1n) is 10.7. The van der Waals surface area contributed by atoms with Crippen LogP contribution in [0.25, 0.3) is 21.9 Å². The normalized spacial score (nSPS) is 12.3. The maximum absolute atomic E-state index is 5.96. The summed E-state index contributed by atoms with van der Waals surface area (Å²) in [5.74, 6) is 2.37. The van der Waals surface area contributed by atoms with Crippen LogP contribution in [0.15, 0.2) is 47.2 Å². The molecule has 0 saturated heterocycles. The largest absolute Gasteiger partial charge is 0.490 e. The van der Waals surface area contributed by atoms with Crippen LogP contribution in [0.1, 0.15) is 45.2 Å². The third kappa shape index (κ3) is 4.61. The van der Waals surface area contributed by atoms with Crippen molar-refractivity contribution in [3.05, 3.63) is 52.8 Å². The number of nitrogens with one attached hydrogen (secondary N) is 2. The van der Waals surface area contributed by atoms with E-state index in [1.807, 2.05) is 12.1 Å². The lowest BCUT2D eigenvalue weighted by Gasteiger charge is -2.18. The van der Waals surface area contributed by atoms with Gasteiger partial charge in [-0.2, -0.15) is 0 Å². The second kappa shape index (κ2) is 9.56. The van der Waals surface area contributed by atoms with Crippen LogP contribution in [-0.2, 0) is 0 Å². The zero-order valence-electron chi connectivity index (χ0n) is 18.0. The number of H-pyrrole nitrogens is 1. The van der Waals surface area contributed by atoms with Crippen LogP contribution in [0.4, 0.5) is 5.82 Å². The van der Waals surface area contributed by atoms with Crippen molar-refractivity contribution >= 4 is 43.7 Å². The van der Waals surface area contributed by atoms with Crippen molar-refractivity contribution in [3.8, 4) is 11.5 Å². The quantitative estimate of drug-likeness (QED) is 0.280. The molecule has 0 radical (unpaired) electrons. The summed E-state index contributed by atoms with van der Waals surface area (Å²) in [6, 6.07) is 12.3. The molecule has 4 rings (SSSR count). The van der Waals surface area contributed by atoms with E-state index in [1.165, 1.54) is 0 Å². The van der Waals surface area contributed by atoms with Crippen molar-refractivity contribution in [2.45, 2.75) is 39.7 Å². The highest BCUT2D eigenvalue weighted by Gasteiger charge is 2.16. The van der Waals surface area contributed by atoms with Gasteiger partial charge in [-0.25, -0.2) is 9.97 Å². The summed E-state index contributed by atoms with van der Waals surface area (Å²) in [5, 5.41) is 5.64. The number of aromatic nitrogens is 3. The fraction of sp³-hybridized carbons (Fsp3) is 0.333. The van der Waals surface area contributed by atoms with Gasteiger partial charge in [0.05, 0.1) is 24.6 Å². The summed E-state index contributed by atoms with van der Waals surface area (Å²) in [5.41, 5.74) is 2.94. The molecule has 2 aromatic heterocycles. The van der Waals surface area contributed by atoms with Gasteiger partial charge in [-0.1, -0.05) is 41.9 Å². The van der Waals surface area contributed by atoms with E-state index in [9.17, 15) is 0 Å². The van der Waals surface area contributed by atoms with Crippen LogP contribution in [-0.4, -0.2) is 28.2 Å². The Balaban J connectivity index is 1.65. The number of hydrogen-bond donors (Lipinski definition) is 2. The molecule has 1 unspecified atom stereocenters. The molecule has 2 aromatic carbocycles. The Morgan fingerprint density at radius 1 is 1.00 bits per heavy atom. The van der Waals surface area contributed by atoms with Gasteiger partial charge in [0, 0.05) is 15.4 Å². The highest BCUT2D eigenvalue weighted by atomic mass is 79.9. The number of aromatic amines is 1. The number of benzene rings is 2. The second-order valence-electron chi connectivity index (χ2n) is 7.53. The molecule has 0 aliphatic heterocycles. The van der Waals surface area contributed by atoms with Crippen LogP contribution in [0, 0.1) is 0 Å². The highest BCUT2D eigenvalue weighted by Crippen LogP contribution is 2.34. The smallest absolute Gasteiger partial charge is 0.161 e. The Labute approximate surface area is 190 Å². The van der Waals surface area contributed by atoms with Crippen LogP contribution >= 0.6 is 15.9 Å². The molecule has 2 N–H and O–H groups in total. The maximum atomic E-state index is 5.96. The molecular weight excluding hydrogens is 456 g/mol. The minimum Gasteiger partial charge on any atom is -0.490 e. The molecular formula is C24H27BrN4O2. The summed E-state index contributed by atoms with van der Waals surface area (Å²) < 4.78 is 12.9. The van der Waals surface area contributed by atoms with Gasteiger partial charge in [-0.3, -0.25) is 0 Å².